The first kappa shape index (κ1) is 13.5. The first-order valence-electron chi connectivity index (χ1n) is 6.51. The molecule has 19 heavy (non-hydrogen) atoms. The molecule has 0 amide bonds. The van der Waals surface area contributed by atoms with Crippen molar-refractivity contribution in [3.05, 3.63) is 41.7 Å². The molecule has 0 fully saturated rings. The van der Waals surface area contributed by atoms with Gasteiger partial charge in [-0.3, -0.25) is 4.68 Å². The number of methoxy groups -OCH3 is 1. The molecule has 0 spiro atoms. The summed E-state index contributed by atoms with van der Waals surface area (Å²) in [5, 5.41) is 7.71. The Balaban J connectivity index is 2.05. The maximum Gasteiger partial charge on any atom is 0.142 e. The van der Waals surface area contributed by atoms with Gasteiger partial charge in [-0.15, -0.1) is 0 Å². The summed E-state index contributed by atoms with van der Waals surface area (Å²) in [6, 6.07) is 6.53. The van der Waals surface area contributed by atoms with Crippen LogP contribution in [0.15, 0.2) is 30.6 Å². The Kier molecular flexibility index (Phi) is 4.10. The lowest BCUT2D eigenvalue weighted by Crippen LogP contribution is -2.02. The minimum atomic E-state index is 0.391. The van der Waals surface area contributed by atoms with Gasteiger partial charge in [-0.1, -0.05) is 6.07 Å². The van der Waals surface area contributed by atoms with Crippen molar-refractivity contribution in [1.82, 2.24) is 9.78 Å². The van der Waals surface area contributed by atoms with Gasteiger partial charge in [0.2, 0.25) is 0 Å². The third kappa shape index (κ3) is 3.28. The number of nitrogens with one attached hydrogen (secondary N) is 1. The number of ether oxygens (including phenoxy) is 1. The lowest BCUT2D eigenvalue weighted by molar-refractivity contribution is 0.416. The summed E-state index contributed by atoms with van der Waals surface area (Å²) < 4.78 is 7.34. The molecule has 0 radical (unpaired) electrons. The van der Waals surface area contributed by atoms with Crippen molar-refractivity contribution < 1.29 is 4.74 Å². The van der Waals surface area contributed by atoms with Crippen molar-refractivity contribution in [3.63, 3.8) is 0 Å². The van der Waals surface area contributed by atoms with Crippen LogP contribution in [0, 0.1) is 6.92 Å². The fourth-order valence-corrected chi connectivity index (χ4v) is 1.89. The molecule has 1 aromatic carbocycles. The normalized spacial score (nSPS) is 10.8. The highest BCUT2D eigenvalue weighted by Crippen LogP contribution is 2.25. The van der Waals surface area contributed by atoms with E-state index < -0.39 is 0 Å². The Morgan fingerprint density at radius 1 is 1.37 bits per heavy atom. The lowest BCUT2D eigenvalue weighted by atomic mass is 10.2. The maximum atomic E-state index is 5.37. The third-order valence-electron chi connectivity index (χ3n) is 3.02. The average Bonchev–Trinajstić information content (AvgIpc) is 2.86. The number of nitrogens with zero attached hydrogens (tertiary/aromatic N) is 2. The molecule has 0 aliphatic heterocycles. The van der Waals surface area contributed by atoms with Gasteiger partial charge in [-0.25, -0.2) is 0 Å². The Hall–Kier alpha value is -1.97. The molecule has 0 bridgehead atoms. The highest BCUT2D eigenvalue weighted by molar-refractivity contribution is 5.57. The summed E-state index contributed by atoms with van der Waals surface area (Å²) >= 11 is 0. The lowest BCUT2D eigenvalue weighted by Gasteiger charge is -2.11. The summed E-state index contributed by atoms with van der Waals surface area (Å²) in [6.07, 6.45) is 3.96. The van der Waals surface area contributed by atoms with Gasteiger partial charge >= 0.3 is 0 Å². The van der Waals surface area contributed by atoms with E-state index in [1.54, 1.807) is 7.11 Å². The van der Waals surface area contributed by atoms with Gasteiger partial charge in [0.1, 0.15) is 5.75 Å². The smallest absolute Gasteiger partial charge is 0.142 e. The molecule has 4 heteroatoms. The summed E-state index contributed by atoms with van der Waals surface area (Å²) in [5.74, 6) is 0.872. The molecule has 1 heterocycles. The molecule has 0 aliphatic carbocycles. The van der Waals surface area contributed by atoms with Gasteiger partial charge in [0.25, 0.3) is 0 Å². The zero-order valence-corrected chi connectivity index (χ0v) is 12.0. The first-order valence-corrected chi connectivity index (χ1v) is 6.51. The van der Waals surface area contributed by atoms with E-state index in [0.717, 1.165) is 23.5 Å². The van der Waals surface area contributed by atoms with E-state index >= 15 is 0 Å². The number of aryl methyl sites for hydroxylation is 1. The number of hydrogen-bond acceptors (Lipinski definition) is 3. The second kappa shape index (κ2) is 5.78. The second-order valence-electron chi connectivity index (χ2n) is 4.98. The summed E-state index contributed by atoms with van der Waals surface area (Å²) in [5.41, 5.74) is 3.36. The molecule has 0 saturated heterocycles. The fourth-order valence-electron chi connectivity index (χ4n) is 1.89. The second-order valence-corrected chi connectivity index (χ2v) is 4.98. The van der Waals surface area contributed by atoms with E-state index in [4.69, 9.17) is 4.74 Å². The van der Waals surface area contributed by atoms with Gasteiger partial charge in [0.05, 0.1) is 19.0 Å². The number of hydrogen-bond donors (Lipinski definition) is 1. The molecule has 0 saturated carbocycles. The molecule has 0 unspecified atom stereocenters. The summed E-state index contributed by atoms with van der Waals surface area (Å²) in [7, 11) is 1.69. The molecule has 1 N–H and O–H groups in total. The van der Waals surface area contributed by atoms with Gasteiger partial charge in [-0.05, 0) is 38.5 Å². The van der Waals surface area contributed by atoms with Crippen LogP contribution in [0.5, 0.6) is 5.75 Å². The first-order chi connectivity index (χ1) is 9.10. The Morgan fingerprint density at radius 2 is 2.16 bits per heavy atom. The number of benzene rings is 1. The van der Waals surface area contributed by atoms with E-state index in [2.05, 4.69) is 43.4 Å². The van der Waals surface area contributed by atoms with Gasteiger partial charge in [0, 0.05) is 24.3 Å². The van der Waals surface area contributed by atoms with Crippen molar-refractivity contribution >= 4 is 5.69 Å². The zero-order valence-electron chi connectivity index (χ0n) is 12.0. The maximum absolute atomic E-state index is 5.37. The van der Waals surface area contributed by atoms with Crippen LogP contribution in [-0.2, 0) is 6.54 Å². The molecular formula is C15H21N3O. The number of rotatable bonds is 5. The molecule has 0 aliphatic rings. The van der Waals surface area contributed by atoms with Crippen LogP contribution in [0.2, 0.25) is 0 Å². The number of anilines is 1. The van der Waals surface area contributed by atoms with E-state index in [1.807, 2.05) is 23.0 Å². The highest BCUT2D eigenvalue weighted by Gasteiger charge is 2.05. The third-order valence-corrected chi connectivity index (χ3v) is 3.02. The minimum absolute atomic E-state index is 0.391. The van der Waals surface area contributed by atoms with Crippen LogP contribution < -0.4 is 10.1 Å². The SMILES string of the molecule is COc1cc(C)ccc1NCc1cnn(C(C)C)c1. The van der Waals surface area contributed by atoms with Crippen molar-refractivity contribution in [2.75, 3.05) is 12.4 Å². The molecule has 102 valence electrons. The van der Waals surface area contributed by atoms with Gasteiger partial charge in [-0.2, -0.15) is 5.10 Å². The van der Waals surface area contributed by atoms with Crippen LogP contribution >= 0.6 is 0 Å². The fraction of sp³-hybridized carbons (Fsp3) is 0.400. The average molecular weight is 259 g/mol. The molecule has 0 atom stereocenters. The predicted molar refractivity (Wildman–Crippen MR) is 77.7 cm³/mol. The van der Waals surface area contributed by atoms with Crippen molar-refractivity contribution in [2.24, 2.45) is 0 Å². The standard InChI is InChI=1S/C15H21N3O/c1-11(2)18-10-13(9-17-18)8-16-14-6-5-12(3)7-15(14)19-4/h5-7,9-11,16H,8H2,1-4H3. The quantitative estimate of drug-likeness (QED) is 0.894. The van der Waals surface area contributed by atoms with E-state index in [-0.39, 0.29) is 0 Å². The summed E-state index contributed by atoms with van der Waals surface area (Å²) in [4.78, 5) is 0. The molecule has 2 aromatic rings. The molecular weight excluding hydrogens is 238 g/mol. The Bertz CT molecular complexity index is 546. The minimum Gasteiger partial charge on any atom is -0.495 e. The highest BCUT2D eigenvalue weighted by atomic mass is 16.5. The van der Waals surface area contributed by atoms with Gasteiger partial charge in [0.15, 0.2) is 0 Å². The van der Waals surface area contributed by atoms with E-state index in [0.29, 0.717) is 6.04 Å². The van der Waals surface area contributed by atoms with E-state index in [1.165, 1.54) is 5.56 Å². The zero-order chi connectivity index (χ0) is 13.8. The monoisotopic (exact) mass is 259 g/mol. The predicted octanol–water partition coefficient (Wildman–Crippen LogP) is 3.39. The van der Waals surface area contributed by atoms with Crippen LogP contribution in [-0.4, -0.2) is 16.9 Å². The van der Waals surface area contributed by atoms with Crippen LogP contribution in [0.4, 0.5) is 5.69 Å². The van der Waals surface area contributed by atoms with E-state index in [9.17, 15) is 0 Å². The van der Waals surface area contributed by atoms with Crippen molar-refractivity contribution in [3.8, 4) is 5.75 Å². The van der Waals surface area contributed by atoms with Crippen LogP contribution in [0.3, 0.4) is 0 Å². The molecule has 1 aromatic heterocycles. The largest absolute Gasteiger partial charge is 0.495 e. The Morgan fingerprint density at radius 3 is 2.79 bits per heavy atom. The molecule has 2 rings (SSSR count). The molecule has 4 nitrogen and oxygen atoms in total. The van der Waals surface area contributed by atoms with Crippen molar-refractivity contribution in [1.29, 1.82) is 0 Å². The number of aromatic nitrogens is 2. The topological polar surface area (TPSA) is 39.1 Å². The van der Waals surface area contributed by atoms with Gasteiger partial charge < -0.3 is 10.1 Å². The Labute approximate surface area is 114 Å². The van der Waals surface area contributed by atoms with Crippen molar-refractivity contribution in [2.45, 2.75) is 33.4 Å². The van der Waals surface area contributed by atoms with Crippen LogP contribution in [0.1, 0.15) is 31.0 Å². The summed E-state index contributed by atoms with van der Waals surface area (Å²) in [6.45, 7) is 7.03. The van der Waals surface area contributed by atoms with Crippen LogP contribution in [0.25, 0.3) is 0 Å².